The molecule has 1 aliphatic rings. The van der Waals surface area contributed by atoms with Gasteiger partial charge in [-0.1, -0.05) is 45.0 Å². The molecule has 0 radical (unpaired) electrons. The van der Waals surface area contributed by atoms with Gasteiger partial charge >= 0.3 is 0 Å². The highest BCUT2D eigenvalue weighted by Gasteiger charge is 2.38. The van der Waals surface area contributed by atoms with Crippen LogP contribution in [0.2, 0.25) is 0 Å². The number of benzene rings is 1. The van der Waals surface area contributed by atoms with E-state index in [1.54, 1.807) is 0 Å². The van der Waals surface area contributed by atoms with Gasteiger partial charge in [-0.15, -0.1) is 0 Å². The summed E-state index contributed by atoms with van der Waals surface area (Å²) >= 11 is 0. The molecule has 1 aliphatic carbocycles. The molecule has 0 spiro atoms. The van der Waals surface area contributed by atoms with Crippen LogP contribution in [-0.4, -0.2) is 0 Å². The van der Waals surface area contributed by atoms with Crippen molar-refractivity contribution in [1.29, 1.82) is 0 Å². The van der Waals surface area contributed by atoms with E-state index in [9.17, 15) is 0 Å². The summed E-state index contributed by atoms with van der Waals surface area (Å²) < 4.78 is 0. The summed E-state index contributed by atoms with van der Waals surface area (Å²) in [4.78, 5) is 0. The van der Waals surface area contributed by atoms with E-state index in [1.165, 1.54) is 24.0 Å². The van der Waals surface area contributed by atoms with Gasteiger partial charge in [0.25, 0.3) is 0 Å². The topological polar surface area (TPSA) is 26.0 Å². The fourth-order valence-corrected chi connectivity index (χ4v) is 1.55. The molecular formula is C13H21N. The molecule has 0 amide bonds. The third-order valence-corrected chi connectivity index (χ3v) is 2.86. The highest BCUT2D eigenvalue weighted by atomic mass is 14.5. The molecule has 14 heavy (non-hydrogen) atoms. The van der Waals surface area contributed by atoms with Gasteiger partial charge in [-0.2, -0.15) is 0 Å². The predicted molar refractivity (Wildman–Crippen MR) is 62.3 cm³/mol. The van der Waals surface area contributed by atoms with Crippen LogP contribution in [-0.2, 0) is 12.0 Å². The van der Waals surface area contributed by atoms with E-state index in [0.717, 1.165) is 0 Å². The Morgan fingerprint density at radius 1 is 1.29 bits per heavy atom. The lowest BCUT2D eigenvalue weighted by molar-refractivity contribution is 0.784. The lowest BCUT2D eigenvalue weighted by Gasteiger charge is -2.09. The highest BCUT2D eigenvalue weighted by molar-refractivity contribution is 5.33. The first-order valence-electron chi connectivity index (χ1n) is 5.54. The van der Waals surface area contributed by atoms with E-state index in [-0.39, 0.29) is 0 Å². The molecule has 1 heteroatoms. The molecule has 2 rings (SSSR count). The molecule has 1 aromatic rings. The van der Waals surface area contributed by atoms with Crippen LogP contribution in [0.25, 0.3) is 0 Å². The van der Waals surface area contributed by atoms with Gasteiger partial charge in [0.2, 0.25) is 0 Å². The third-order valence-electron chi connectivity index (χ3n) is 2.86. The average molecular weight is 191 g/mol. The summed E-state index contributed by atoms with van der Waals surface area (Å²) in [5.74, 6) is 0. The molecular weight excluding hydrogens is 170 g/mol. The fourth-order valence-electron chi connectivity index (χ4n) is 1.55. The van der Waals surface area contributed by atoms with Gasteiger partial charge in [-0.25, -0.2) is 0 Å². The normalized spacial score (nSPS) is 16.9. The van der Waals surface area contributed by atoms with Crippen molar-refractivity contribution in [1.82, 2.24) is 0 Å². The van der Waals surface area contributed by atoms with Crippen molar-refractivity contribution in [3.05, 3.63) is 35.4 Å². The van der Waals surface area contributed by atoms with Crippen molar-refractivity contribution in [2.75, 3.05) is 0 Å². The summed E-state index contributed by atoms with van der Waals surface area (Å²) in [5, 5.41) is 0. The second-order valence-corrected chi connectivity index (χ2v) is 3.97. The monoisotopic (exact) mass is 191 g/mol. The molecule has 0 heterocycles. The molecule has 0 aliphatic heterocycles. The predicted octanol–water partition coefficient (Wildman–Crippen LogP) is 3.22. The van der Waals surface area contributed by atoms with Crippen molar-refractivity contribution < 1.29 is 0 Å². The number of hydrogen-bond donors (Lipinski definition) is 1. The van der Waals surface area contributed by atoms with E-state index in [4.69, 9.17) is 5.73 Å². The molecule has 0 aromatic heterocycles. The first-order chi connectivity index (χ1) is 6.74. The van der Waals surface area contributed by atoms with E-state index in [0.29, 0.717) is 12.0 Å². The Bertz CT molecular complexity index is 287. The molecule has 78 valence electrons. The molecule has 1 saturated carbocycles. The van der Waals surface area contributed by atoms with Crippen LogP contribution in [0.5, 0.6) is 0 Å². The summed E-state index contributed by atoms with van der Waals surface area (Å²) in [6.45, 7) is 6.98. The second-order valence-electron chi connectivity index (χ2n) is 3.97. The third kappa shape index (κ3) is 2.36. The summed E-state index contributed by atoms with van der Waals surface area (Å²) in [6.07, 6.45) is 2.67. The average Bonchev–Trinajstić information content (AvgIpc) is 3.01. The Kier molecular flexibility index (Phi) is 3.70. The Labute approximate surface area is 87.3 Å². The Hall–Kier alpha value is -0.820. The van der Waals surface area contributed by atoms with Crippen LogP contribution in [0.4, 0.5) is 0 Å². The van der Waals surface area contributed by atoms with Crippen molar-refractivity contribution in [2.24, 2.45) is 5.73 Å². The zero-order valence-electron chi connectivity index (χ0n) is 9.51. The minimum atomic E-state index is 0.477. The van der Waals surface area contributed by atoms with Crippen molar-refractivity contribution in [3.8, 4) is 0 Å². The minimum absolute atomic E-state index is 0.477. The molecule has 0 unspecified atom stereocenters. The zero-order valence-corrected chi connectivity index (χ0v) is 9.51. The minimum Gasteiger partial charge on any atom is -0.326 e. The standard InChI is InChI=1S/C11H15N.C2H6/c1-11(5-6-11)10-4-2-3-9(7-10)8-12;1-2/h2-4,7H,5-6,8,12H2,1H3;1-2H3. The molecule has 0 bridgehead atoms. The molecule has 1 nitrogen and oxygen atoms in total. The molecule has 2 N–H and O–H groups in total. The van der Waals surface area contributed by atoms with Gasteiger partial charge in [0.1, 0.15) is 0 Å². The fraction of sp³-hybridized carbons (Fsp3) is 0.538. The lowest BCUT2D eigenvalue weighted by Crippen LogP contribution is -2.02. The van der Waals surface area contributed by atoms with Gasteiger partial charge in [0.05, 0.1) is 0 Å². The number of nitrogens with two attached hydrogens (primary N) is 1. The maximum Gasteiger partial charge on any atom is 0.0178 e. The molecule has 1 aromatic carbocycles. The second kappa shape index (κ2) is 4.61. The Morgan fingerprint density at radius 2 is 1.93 bits per heavy atom. The molecule has 0 atom stereocenters. The van der Waals surface area contributed by atoms with E-state index >= 15 is 0 Å². The maximum atomic E-state index is 5.58. The smallest absolute Gasteiger partial charge is 0.0178 e. The first kappa shape index (κ1) is 11.3. The summed E-state index contributed by atoms with van der Waals surface area (Å²) in [5.41, 5.74) is 8.77. The quantitative estimate of drug-likeness (QED) is 0.763. The van der Waals surface area contributed by atoms with Crippen LogP contribution in [0, 0.1) is 0 Å². The number of hydrogen-bond acceptors (Lipinski definition) is 1. The van der Waals surface area contributed by atoms with Crippen molar-refractivity contribution >= 4 is 0 Å². The highest BCUT2D eigenvalue weighted by Crippen LogP contribution is 2.47. The van der Waals surface area contributed by atoms with Crippen LogP contribution in [0.15, 0.2) is 24.3 Å². The van der Waals surface area contributed by atoms with E-state index in [1.807, 2.05) is 13.8 Å². The van der Waals surface area contributed by atoms with Crippen LogP contribution in [0.1, 0.15) is 44.7 Å². The molecule has 1 fully saturated rings. The zero-order chi connectivity index (χ0) is 10.6. The van der Waals surface area contributed by atoms with Gasteiger partial charge in [0.15, 0.2) is 0 Å². The summed E-state index contributed by atoms with van der Waals surface area (Å²) in [7, 11) is 0. The largest absolute Gasteiger partial charge is 0.326 e. The maximum absolute atomic E-state index is 5.58. The van der Waals surface area contributed by atoms with E-state index < -0.39 is 0 Å². The van der Waals surface area contributed by atoms with Crippen LogP contribution in [0.3, 0.4) is 0 Å². The summed E-state index contributed by atoms with van der Waals surface area (Å²) in [6, 6.07) is 8.66. The van der Waals surface area contributed by atoms with Gasteiger partial charge in [0, 0.05) is 6.54 Å². The van der Waals surface area contributed by atoms with Crippen LogP contribution < -0.4 is 5.73 Å². The molecule has 0 saturated heterocycles. The number of rotatable bonds is 2. The van der Waals surface area contributed by atoms with E-state index in [2.05, 4.69) is 31.2 Å². The van der Waals surface area contributed by atoms with Gasteiger partial charge < -0.3 is 5.73 Å². The Balaban J connectivity index is 0.000000461. The Morgan fingerprint density at radius 3 is 2.43 bits per heavy atom. The SMILES string of the molecule is CC.CC1(c2cccc(CN)c2)CC1. The van der Waals surface area contributed by atoms with Crippen molar-refractivity contribution in [3.63, 3.8) is 0 Å². The van der Waals surface area contributed by atoms with Gasteiger partial charge in [-0.3, -0.25) is 0 Å². The first-order valence-corrected chi connectivity index (χ1v) is 5.54. The van der Waals surface area contributed by atoms with Gasteiger partial charge in [-0.05, 0) is 29.4 Å². The lowest BCUT2D eigenvalue weighted by atomic mass is 9.97. The van der Waals surface area contributed by atoms with Crippen molar-refractivity contribution in [2.45, 2.75) is 45.6 Å². The van der Waals surface area contributed by atoms with Crippen LogP contribution >= 0.6 is 0 Å².